The average Bonchev–Trinajstić information content (AvgIpc) is 2.79. The van der Waals surface area contributed by atoms with Crippen LogP contribution in [0.4, 0.5) is 4.39 Å². The van der Waals surface area contributed by atoms with Crippen LogP contribution in [-0.4, -0.2) is 4.68 Å². The van der Waals surface area contributed by atoms with Crippen molar-refractivity contribution in [3.05, 3.63) is 59.7 Å². The van der Waals surface area contributed by atoms with Crippen molar-refractivity contribution in [1.29, 1.82) is 5.26 Å². The van der Waals surface area contributed by atoms with E-state index in [2.05, 4.69) is 5.43 Å². The topological polar surface area (TPSA) is 40.8 Å². The number of hydrogen-bond acceptors (Lipinski definition) is 2. The fourth-order valence-corrected chi connectivity index (χ4v) is 1.43. The molecule has 0 fully saturated rings. The van der Waals surface area contributed by atoms with Crippen molar-refractivity contribution < 1.29 is 4.39 Å². The highest BCUT2D eigenvalue weighted by Gasteiger charge is 2.03. The van der Waals surface area contributed by atoms with Gasteiger partial charge in [0.15, 0.2) is 0 Å². The highest BCUT2D eigenvalue weighted by molar-refractivity contribution is 5.38. The molecule has 1 aromatic heterocycles. The standard InChI is InChI=1S/C12H10FN3/c13-12-4-3-10(8-14)11(7-12)9-15-16-5-1-2-6-16/h1-7,15H,9H2. The van der Waals surface area contributed by atoms with Crippen LogP contribution in [0.5, 0.6) is 0 Å². The SMILES string of the molecule is N#Cc1ccc(F)cc1CNn1cccc1. The molecule has 2 rings (SSSR count). The fraction of sp³-hybridized carbons (Fsp3) is 0.0833. The van der Waals surface area contributed by atoms with Crippen molar-refractivity contribution in [3.63, 3.8) is 0 Å². The monoisotopic (exact) mass is 215 g/mol. The summed E-state index contributed by atoms with van der Waals surface area (Å²) in [7, 11) is 0. The van der Waals surface area contributed by atoms with Gasteiger partial charge >= 0.3 is 0 Å². The quantitative estimate of drug-likeness (QED) is 0.853. The minimum atomic E-state index is -0.330. The molecule has 1 aromatic carbocycles. The van der Waals surface area contributed by atoms with Crippen LogP contribution in [0, 0.1) is 17.1 Å². The number of hydrogen-bond donors (Lipinski definition) is 1. The minimum Gasteiger partial charge on any atom is -0.322 e. The number of nitrogens with one attached hydrogen (secondary N) is 1. The first-order valence-corrected chi connectivity index (χ1v) is 4.85. The van der Waals surface area contributed by atoms with Crippen molar-refractivity contribution in [2.45, 2.75) is 6.54 Å². The molecule has 4 heteroatoms. The van der Waals surface area contributed by atoms with Crippen molar-refractivity contribution in [1.82, 2.24) is 4.68 Å². The molecule has 3 nitrogen and oxygen atoms in total. The smallest absolute Gasteiger partial charge is 0.123 e. The minimum absolute atomic E-state index is 0.330. The molecule has 0 spiro atoms. The Bertz CT molecular complexity index is 512. The number of nitriles is 1. The molecule has 0 unspecified atom stereocenters. The summed E-state index contributed by atoms with van der Waals surface area (Å²) < 4.78 is 14.8. The van der Waals surface area contributed by atoms with Gasteiger partial charge in [0.05, 0.1) is 18.2 Å². The van der Waals surface area contributed by atoms with Crippen LogP contribution in [0.25, 0.3) is 0 Å². The van der Waals surface area contributed by atoms with Gasteiger partial charge in [0, 0.05) is 12.4 Å². The first kappa shape index (κ1) is 10.2. The van der Waals surface area contributed by atoms with Crippen molar-refractivity contribution in [2.24, 2.45) is 0 Å². The lowest BCUT2D eigenvalue weighted by molar-refractivity contribution is 0.625. The van der Waals surface area contributed by atoms with Crippen molar-refractivity contribution in [3.8, 4) is 6.07 Å². The average molecular weight is 215 g/mol. The van der Waals surface area contributed by atoms with Crippen LogP contribution >= 0.6 is 0 Å². The predicted molar refractivity (Wildman–Crippen MR) is 58.6 cm³/mol. The molecule has 0 saturated carbocycles. The molecule has 0 atom stereocenters. The van der Waals surface area contributed by atoms with Crippen LogP contribution in [0.2, 0.25) is 0 Å². The van der Waals surface area contributed by atoms with E-state index in [9.17, 15) is 4.39 Å². The Kier molecular flexibility index (Phi) is 2.88. The van der Waals surface area contributed by atoms with Crippen molar-refractivity contribution in [2.75, 3.05) is 5.43 Å². The zero-order valence-electron chi connectivity index (χ0n) is 8.52. The zero-order valence-corrected chi connectivity index (χ0v) is 8.52. The molecule has 0 radical (unpaired) electrons. The predicted octanol–water partition coefficient (Wildman–Crippen LogP) is 2.24. The largest absolute Gasteiger partial charge is 0.322 e. The van der Waals surface area contributed by atoms with Gasteiger partial charge < -0.3 is 5.43 Å². The van der Waals surface area contributed by atoms with E-state index in [1.54, 1.807) is 4.68 Å². The maximum Gasteiger partial charge on any atom is 0.123 e. The van der Waals surface area contributed by atoms with E-state index >= 15 is 0 Å². The summed E-state index contributed by atoms with van der Waals surface area (Å²) in [6.45, 7) is 0.412. The summed E-state index contributed by atoms with van der Waals surface area (Å²) >= 11 is 0. The van der Waals surface area contributed by atoms with Crippen LogP contribution < -0.4 is 5.43 Å². The molecular formula is C12H10FN3. The summed E-state index contributed by atoms with van der Waals surface area (Å²) in [6, 6.07) is 9.94. The van der Waals surface area contributed by atoms with Gasteiger partial charge in [0.25, 0.3) is 0 Å². The lowest BCUT2D eigenvalue weighted by Gasteiger charge is -2.08. The lowest BCUT2D eigenvalue weighted by atomic mass is 10.1. The van der Waals surface area contributed by atoms with Crippen LogP contribution in [0.15, 0.2) is 42.7 Å². The van der Waals surface area contributed by atoms with Gasteiger partial charge in [0.1, 0.15) is 5.82 Å². The second-order valence-corrected chi connectivity index (χ2v) is 3.34. The Morgan fingerprint density at radius 1 is 1.31 bits per heavy atom. The molecule has 0 aliphatic rings. The molecule has 1 heterocycles. The van der Waals surface area contributed by atoms with Gasteiger partial charge in [-0.05, 0) is 35.9 Å². The van der Waals surface area contributed by atoms with Gasteiger partial charge in [0.2, 0.25) is 0 Å². The number of halogens is 1. The molecule has 0 saturated heterocycles. The molecule has 16 heavy (non-hydrogen) atoms. The van der Waals surface area contributed by atoms with Crippen LogP contribution in [0.1, 0.15) is 11.1 Å². The Hall–Kier alpha value is -2.28. The molecule has 1 N–H and O–H groups in total. The van der Waals surface area contributed by atoms with Gasteiger partial charge in [-0.1, -0.05) is 0 Å². The lowest BCUT2D eigenvalue weighted by Crippen LogP contribution is -2.12. The number of rotatable bonds is 3. The van der Waals surface area contributed by atoms with E-state index in [1.807, 2.05) is 30.6 Å². The summed E-state index contributed by atoms with van der Waals surface area (Å²) in [5.74, 6) is -0.330. The highest BCUT2D eigenvalue weighted by Crippen LogP contribution is 2.10. The molecule has 2 aromatic rings. The fourth-order valence-electron chi connectivity index (χ4n) is 1.43. The first-order chi connectivity index (χ1) is 7.79. The Balaban J connectivity index is 2.15. The Morgan fingerprint density at radius 3 is 2.75 bits per heavy atom. The molecule has 0 aliphatic heterocycles. The highest BCUT2D eigenvalue weighted by atomic mass is 19.1. The third-order valence-electron chi connectivity index (χ3n) is 2.24. The number of benzene rings is 1. The molecule has 0 amide bonds. The van der Waals surface area contributed by atoms with Crippen LogP contribution in [0.3, 0.4) is 0 Å². The van der Waals surface area contributed by atoms with E-state index in [1.165, 1.54) is 18.2 Å². The van der Waals surface area contributed by atoms with E-state index in [-0.39, 0.29) is 5.82 Å². The second kappa shape index (κ2) is 4.49. The van der Waals surface area contributed by atoms with Gasteiger partial charge in [-0.3, -0.25) is 4.68 Å². The maximum atomic E-state index is 13.0. The van der Waals surface area contributed by atoms with E-state index in [4.69, 9.17) is 5.26 Å². The van der Waals surface area contributed by atoms with Gasteiger partial charge in [-0.2, -0.15) is 5.26 Å². The molecule has 80 valence electrons. The normalized spacial score (nSPS) is 9.75. The molecule has 0 aliphatic carbocycles. The second-order valence-electron chi connectivity index (χ2n) is 3.34. The molecular weight excluding hydrogens is 205 g/mol. The number of nitrogens with zero attached hydrogens (tertiary/aromatic N) is 2. The first-order valence-electron chi connectivity index (χ1n) is 4.85. The van der Waals surface area contributed by atoms with E-state index in [0.29, 0.717) is 17.7 Å². The molecule has 0 bridgehead atoms. The summed E-state index contributed by atoms with van der Waals surface area (Å²) in [4.78, 5) is 0. The Labute approximate surface area is 92.7 Å². The zero-order chi connectivity index (χ0) is 11.4. The van der Waals surface area contributed by atoms with Gasteiger partial charge in [-0.15, -0.1) is 0 Å². The van der Waals surface area contributed by atoms with E-state index < -0.39 is 0 Å². The summed E-state index contributed by atoms with van der Waals surface area (Å²) in [6.07, 6.45) is 3.68. The summed E-state index contributed by atoms with van der Waals surface area (Å²) in [5.41, 5.74) is 4.18. The maximum absolute atomic E-state index is 13.0. The third-order valence-corrected chi connectivity index (χ3v) is 2.24. The van der Waals surface area contributed by atoms with E-state index in [0.717, 1.165) is 0 Å². The third kappa shape index (κ3) is 2.20. The summed E-state index contributed by atoms with van der Waals surface area (Å²) in [5, 5.41) is 8.86. The number of aromatic nitrogens is 1. The van der Waals surface area contributed by atoms with Gasteiger partial charge in [-0.25, -0.2) is 4.39 Å². The van der Waals surface area contributed by atoms with Crippen molar-refractivity contribution >= 4 is 0 Å². The Morgan fingerprint density at radius 2 is 2.06 bits per heavy atom. The van der Waals surface area contributed by atoms with Crippen LogP contribution in [-0.2, 0) is 6.54 Å².